The SMILES string of the molecule is C/C(=N/NC(=O)CN(c1cccc(C)c1)S(=O)(=O)c1ccc(C)cc1)c1ccc(C)cc1. The van der Waals surface area contributed by atoms with Crippen LogP contribution in [0.2, 0.25) is 0 Å². The van der Waals surface area contributed by atoms with Crippen LogP contribution in [0.15, 0.2) is 82.8 Å². The molecule has 0 unspecified atom stereocenters. The first kappa shape index (κ1) is 23.2. The highest BCUT2D eigenvalue weighted by Gasteiger charge is 2.27. The van der Waals surface area contributed by atoms with Gasteiger partial charge in [0.25, 0.3) is 15.9 Å². The second-order valence-corrected chi connectivity index (χ2v) is 9.62. The second kappa shape index (κ2) is 9.78. The normalized spacial score (nSPS) is 11.8. The van der Waals surface area contributed by atoms with Gasteiger partial charge in [-0.3, -0.25) is 9.10 Å². The van der Waals surface area contributed by atoms with Crippen LogP contribution in [-0.2, 0) is 14.8 Å². The van der Waals surface area contributed by atoms with E-state index in [1.165, 1.54) is 0 Å². The summed E-state index contributed by atoms with van der Waals surface area (Å²) in [6.45, 7) is 7.13. The van der Waals surface area contributed by atoms with E-state index in [0.29, 0.717) is 11.4 Å². The fraction of sp³-hybridized carbons (Fsp3) is 0.200. The molecule has 0 aliphatic rings. The maximum atomic E-state index is 13.4. The molecule has 3 rings (SSSR count). The Bertz CT molecular complexity index is 1230. The molecule has 0 heterocycles. The highest BCUT2D eigenvalue weighted by Crippen LogP contribution is 2.24. The minimum Gasteiger partial charge on any atom is -0.271 e. The van der Waals surface area contributed by atoms with E-state index in [9.17, 15) is 13.2 Å². The molecule has 0 bridgehead atoms. The van der Waals surface area contributed by atoms with Crippen molar-refractivity contribution in [1.82, 2.24) is 5.43 Å². The number of carbonyl (C=O) groups excluding carboxylic acids is 1. The molecule has 0 aliphatic heterocycles. The Balaban J connectivity index is 1.87. The first-order chi connectivity index (χ1) is 15.2. The molecule has 32 heavy (non-hydrogen) atoms. The summed E-state index contributed by atoms with van der Waals surface area (Å²) in [5.74, 6) is -0.534. The predicted molar refractivity (Wildman–Crippen MR) is 128 cm³/mol. The summed E-state index contributed by atoms with van der Waals surface area (Å²) >= 11 is 0. The molecule has 0 spiro atoms. The topological polar surface area (TPSA) is 78.8 Å². The lowest BCUT2D eigenvalue weighted by atomic mass is 10.1. The molecule has 0 aromatic heterocycles. The largest absolute Gasteiger partial charge is 0.271 e. The zero-order valence-corrected chi connectivity index (χ0v) is 19.5. The van der Waals surface area contributed by atoms with Gasteiger partial charge in [0.15, 0.2) is 0 Å². The minimum absolute atomic E-state index is 0.122. The van der Waals surface area contributed by atoms with Crippen molar-refractivity contribution in [2.75, 3.05) is 10.8 Å². The lowest BCUT2D eigenvalue weighted by Crippen LogP contribution is -2.39. The second-order valence-electron chi connectivity index (χ2n) is 7.76. The van der Waals surface area contributed by atoms with Crippen LogP contribution in [0, 0.1) is 20.8 Å². The Morgan fingerprint density at radius 1 is 0.875 bits per heavy atom. The Hall–Kier alpha value is -3.45. The smallest absolute Gasteiger partial charge is 0.264 e. The summed E-state index contributed by atoms with van der Waals surface area (Å²) in [7, 11) is -3.95. The third-order valence-corrected chi connectivity index (χ3v) is 6.79. The van der Waals surface area contributed by atoms with Gasteiger partial charge in [0, 0.05) is 0 Å². The van der Waals surface area contributed by atoms with Gasteiger partial charge in [0.2, 0.25) is 0 Å². The molecule has 0 saturated carbocycles. The van der Waals surface area contributed by atoms with E-state index in [0.717, 1.165) is 26.6 Å². The van der Waals surface area contributed by atoms with Crippen molar-refractivity contribution >= 4 is 27.3 Å². The molecule has 166 valence electrons. The number of hydrogen-bond acceptors (Lipinski definition) is 4. The number of benzene rings is 3. The van der Waals surface area contributed by atoms with Crippen LogP contribution in [0.5, 0.6) is 0 Å². The standard InChI is InChI=1S/C25H27N3O3S/c1-18-8-12-22(13-9-18)21(4)26-27-25(29)17-28(23-7-5-6-20(3)16-23)32(30,31)24-14-10-19(2)11-15-24/h5-16H,17H2,1-4H3,(H,27,29)/b26-21-. The van der Waals surface area contributed by atoms with Gasteiger partial charge in [0.1, 0.15) is 6.54 Å². The number of rotatable bonds is 7. The molecule has 0 atom stereocenters. The molecule has 0 fully saturated rings. The number of anilines is 1. The van der Waals surface area contributed by atoms with Crippen molar-refractivity contribution < 1.29 is 13.2 Å². The van der Waals surface area contributed by atoms with Gasteiger partial charge in [-0.15, -0.1) is 0 Å². The monoisotopic (exact) mass is 449 g/mol. The number of hydrazone groups is 1. The molecule has 3 aromatic carbocycles. The maximum Gasteiger partial charge on any atom is 0.264 e. The van der Waals surface area contributed by atoms with E-state index < -0.39 is 22.5 Å². The Labute approximate surface area is 189 Å². The van der Waals surface area contributed by atoms with Crippen LogP contribution in [0.1, 0.15) is 29.2 Å². The quantitative estimate of drug-likeness (QED) is 0.430. The van der Waals surface area contributed by atoms with Gasteiger partial charge in [-0.25, -0.2) is 13.8 Å². The maximum absolute atomic E-state index is 13.4. The molecule has 0 aliphatic carbocycles. The van der Waals surface area contributed by atoms with Crippen molar-refractivity contribution in [3.8, 4) is 0 Å². The average molecular weight is 450 g/mol. The highest BCUT2D eigenvalue weighted by atomic mass is 32.2. The summed E-state index contributed by atoms with van der Waals surface area (Å²) in [6, 6.07) is 21.4. The zero-order chi connectivity index (χ0) is 23.3. The zero-order valence-electron chi connectivity index (χ0n) is 18.7. The molecule has 7 heteroatoms. The van der Waals surface area contributed by atoms with Crippen molar-refractivity contribution in [1.29, 1.82) is 0 Å². The number of nitrogens with zero attached hydrogens (tertiary/aromatic N) is 2. The fourth-order valence-electron chi connectivity index (χ4n) is 3.11. The van der Waals surface area contributed by atoms with E-state index in [-0.39, 0.29) is 4.90 Å². The van der Waals surface area contributed by atoms with Crippen molar-refractivity contribution in [3.63, 3.8) is 0 Å². The van der Waals surface area contributed by atoms with Crippen LogP contribution in [0.3, 0.4) is 0 Å². The van der Waals surface area contributed by atoms with Crippen LogP contribution in [-0.4, -0.2) is 26.6 Å². The predicted octanol–water partition coefficient (Wildman–Crippen LogP) is 4.35. The number of sulfonamides is 1. The molecule has 0 radical (unpaired) electrons. The van der Waals surface area contributed by atoms with Crippen molar-refractivity contribution in [2.45, 2.75) is 32.6 Å². The molecule has 3 aromatic rings. The number of amides is 1. The fourth-order valence-corrected chi connectivity index (χ4v) is 4.52. The van der Waals surface area contributed by atoms with Crippen molar-refractivity contribution in [2.24, 2.45) is 5.10 Å². The van der Waals surface area contributed by atoms with Gasteiger partial charge in [-0.1, -0.05) is 59.7 Å². The van der Waals surface area contributed by atoms with Crippen LogP contribution >= 0.6 is 0 Å². The first-order valence-corrected chi connectivity index (χ1v) is 11.7. The first-order valence-electron chi connectivity index (χ1n) is 10.2. The summed E-state index contributed by atoms with van der Waals surface area (Å²) in [5.41, 5.74) is 7.37. The summed E-state index contributed by atoms with van der Waals surface area (Å²) in [4.78, 5) is 12.8. The van der Waals surface area contributed by atoms with Gasteiger partial charge in [-0.05, 0) is 63.1 Å². The van der Waals surface area contributed by atoms with Gasteiger partial charge >= 0.3 is 0 Å². The van der Waals surface area contributed by atoms with Crippen LogP contribution in [0.4, 0.5) is 5.69 Å². The number of nitrogens with one attached hydrogen (secondary N) is 1. The third kappa shape index (κ3) is 5.62. The summed E-state index contributed by atoms with van der Waals surface area (Å²) < 4.78 is 27.9. The molecule has 6 nitrogen and oxygen atoms in total. The van der Waals surface area contributed by atoms with E-state index in [1.54, 1.807) is 49.4 Å². The van der Waals surface area contributed by atoms with E-state index >= 15 is 0 Å². The van der Waals surface area contributed by atoms with Gasteiger partial charge in [0.05, 0.1) is 16.3 Å². The molecular formula is C25H27N3O3S. The van der Waals surface area contributed by atoms with E-state index in [1.807, 2.05) is 51.1 Å². The lowest BCUT2D eigenvalue weighted by Gasteiger charge is -2.24. The molecular weight excluding hydrogens is 422 g/mol. The number of carbonyl (C=O) groups is 1. The number of aryl methyl sites for hydroxylation is 3. The van der Waals surface area contributed by atoms with Crippen LogP contribution < -0.4 is 9.73 Å². The molecule has 1 amide bonds. The van der Waals surface area contributed by atoms with Crippen LogP contribution in [0.25, 0.3) is 0 Å². The third-order valence-electron chi connectivity index (χ3n) is 5.00. The molecule has 0 saturated heterocycles. The van der Waals surface area contributed by atoms with Crippen molar-refractivity contribution in [3.05, 3.63) is 95.1 Å². The lowest BCUT2D eigenvalue weighted by molar-refractivity contribution is -0.119. The van der Waals surface area contributed by atoms with Gasteiger partial charge in [-0.2, -0.15) is 5.10 Å². The van der Waals surface area contributed by atoms with E-state index in [4.69, 9.17) is 0 Å². The highest BCUT2D eigenvalue weighted by molar-refractivity contribution is 7.92. The number of hydrogen-bond donors (Lipinski definition) is 1. The Morgan fingerprint density at radius 2 is 1.47 bits per heavy atom. The van der Waals surface area contributed by atoms with Gasteiger partial charge < -0.3 is 0 Å². The molecule has 1 N–H and O–H groups in total. The summed E-state index contributed by atoms with van der Waals surface area (Å²) in [6.07, 6.45) is 0. The minimum atomic E-state index is -3.95. The van der Waals surface area contributed by atoms with E-state index in [2.05, 4.69) is 10.5 Å². The Morgan fingerprint density at radius 3 is 2.06 bits per heavy atom. The Kier molecular flexibility index (Phi) is 7.10. The summed E-state index contributed by atoms with van der Waals surface area (Å²) in [5, 5.41) is 4.15. The average Bonchev–Trinajstić information content (AvgIpc) is 2.76.